The van der Waals surface area contributed by atoms with Gasteiger partial charge in [0.1, 0.15) is 0 Å². The molecular formula is C12H20N2O2S2. The van der Waals surface area contributed by atoms with Crippen LogP contribution in [0.5, 0.6) is 0 Å². The smallest absolute Gasteiger partial charge is 0.211 e. The van der Waals surface area contributed by atoms with Crippen molar-refractivity contribution < 1.29 is 8.42 Å². The minimum atomic E-state index is -3.11. The molecule has 1 aliphatic heterocycles. The lowest BCUT2D eigenvalue weighted by atomic mass is 10.1. The second-order valence-electron chi connectivity index (χ2n) is 4.57. The van der Waals surface area contributed by atoms with Crippen LogP contribution >= 0.6 is 11.3 Å². The van der Waals surface area contributed by atoms with Crippen LogP contribution in [0.3, 0.4) is 0 Å². The molecular weight excluding hydrogens is 268 g/mol. The van der Waals surface area contributed by atoms with E-state index in [2.05, 4.69) is 21.1 Å². The monoisotopic (exact) mass is 288 g/mol. The zero-order chi connectivity index (χ0) is 13.0. The first kappa shape index (κ1) is 14.0. The first-order valence-electron chi connectivity index (χ1n) is 6.36. The van der Waals surface area contributed by atoms with Crippen molar-refractivity contribution in [3.63, 3.8) is 0 Å². The van der Waals surface area contributed by atoms with Gasteiger partial charge in [-0.15, -0.1) is 0 Å². The van der Waals surface area contributed by atoms with Crippen LogP contribution in [-0.4, -0.2) is 38.7 Å². The van der Waals surface area contributed by atoms with Crippen LogP contribution in [0.25, 0.3) is 0 Å². The summed E-state index contributed by atoms with van der Waals surface area (Å²) in [7, 11) is -3.11. The first-order valence-corrected chi connectivity index (χ1v) is 8.95. The number of thiophene rings is 1. The van der Waals surface area contributed by atoms with Gasteiger partial charge >= 0.3 is 0 Å². The quantitative estimate of drug-likeness (QED) is 0.869. The van der Waals surface area contributed by atoms with Crippen LogP contribution in [0.2, 0.25) is 0 Å². The fourth-order valence-electron chi connectivity index (χ4n) is 2.28. The maximum atomic E-state index is 11.6. The number of sulfonamides is 1. The summed E-state index contributed by atoms with van der Waals surface area (Å²) in [5.74, 6) is 0.142. The fourth-order valence-corrected chi connectivity index (χ4v) is 3.61. The molecule has 1 aromatic heterocycles. The Kier molecular flexibility index (Phi) is 4.77. The van der Waals surface area contributed by atoms with Crippen molar-refractivity contribution in [3.8, 4) is 0 Å². The number of nitrogens with one attached hydrogen (secondary N) is 1. The van der Waals surface area contributed by atoms with Crippen LogP contribution in [0.4, 0.5) is 0 Å². The highest BCUT2D eigenvalue weighted by molar-refractivity contribution is 7.89. The summed E-state index contributed by atoms with van der Waals surface area (Å²) in [5, 5.41) is 4.16. The summed E-state index contributed by atoms with van der Waals surface area (Å²) >= 11 is 1.66. The molecule has 6 heteroatoms. The summed E-state index contributed by atoms with van der Waals surface area (Å²) in [6.45, 7) is 4.27. The molecule has 18 heavy (non-hydrogen) atoms. The van der Waals surface area contributed by atoms with Gasteiger partial charge in [-0.05, 0) is 55.2 Å². The molecule has 0 bridgehead atoms. The van der Waals surface area contributed by atoms with Crippen molar-refractivity contribution in [2.75, 3.05) is 25.4 Å². The van der Waals surface area contributed by atoms with E-state index in [1.807, 2.05) is 5.38 Å². The average molecular weight is 288 g/mol. The predicted octanol–water partition coefficient (Wildman–Crippen LogP) is 1.82. The molecule has 1 atom stereocenters. The Morgan fingerprint density at radius 1 is 1.44 bits per heavy atom. The average Bonchev–Trinajstić information content (AvgIpc) is 3.01. The van der Waals surface area contributed by atoms with Crippen molar-refractivity contribution in [2.45, 2.75) is 25.8 Å². The summed E-state index contributed by atoms with van der Waals surface area (Å²) < 4.78 is 25.8. The van der Waals surface area contributed by atoms with E-state index in [0.717, 1.165) is 13.1 Å². The maximum Gasteiger partial charge on any atom is 0.211 e. The van der Waals surface area contributed by atoms with Gasteiger partial charge in [0.15, 0.2) is 0 Å². The molecule has 2 heterocycles. The zero-order valence-electron chi connectivity index (χ0n) is 10.6. The van der Waals surface area contributed by atoms with E-state index in [9.17, 15) is 8.42 Å². The van der Waals surface area contributed by atoms with Crippen molar-refractivity contribution in [1.29, 1.82) is 0 Å². The number of hydrogen-bond donors (Lipinski definition) is 1. The van der Waals surface area contributed by atoms with Gasteiger partial charge in [0, 0.05) is 12.6 Å². The molecule has 1 unspecified atom stereocenters. The molecule has 0 amide bonds. The van der Waals surface area contributed by atoms with Crippen molar-refractivity contribution in [1.82, 2.24) is 9.62 Å². The molecule has 0 aromatic carbocycles. The molecule has 1 aliphatic rings. The van der Waals surface area contributed by atoms with E-state index in [1.165, 1.54) is 18.4 Å². The maximum absolute atomic E-state index is 11.6. The fraction of sp³-hybridized carbons (Fsp3) is 0.667. The van der Waals surface area contributed by atoms with Gasteiger partial charge in [-0.25, -0.2) is 13.1 Å². The molecule has 4 nitrogen and oxygen atoms in total. The SMILES string of the molecule is CCS(=O)(=O)NCC(c1ccsc1)N1CCCC1. The summed E-state index contributed by atoms with van der Waals surface area (Å²) in [5.41, 5.74) is 1.22. The Morgan fingerprint density at radius 2 is 2.17 bits per heavy atom. The van der Waals surface area contributed by atoms with Gasteiger partial charge in [0.2, 0.25) is 10.0 Å². The molecule has 1 N–H and O–H groups in total. The Hall–Kier alpha value is -0.430. The number of likely N-dealkylation sites (tertiary alicyclic amines) is 1. The molecule has 0 spiro atoms. The lowest BCUT2D eigenvalue weighted by molar-refractivity contribution is 0.247. The third kappa shape index (κ3) is 3.54. The molecule has 1 aromatic rings. The van der Waals surface area contributed by atoms with Crippen LogP contribution in [-0.2, 0) is 10.0 Å². The van der Waals surface area contributed by atoms with E-state index in [1.54, 1.807) is 18.3 Å². The van der Waals surface area contributed by atoms with Crippen LogP contribution in [0, 0.1) is 0 Å². The number of rotatable bonds is 6. The summed E-state index contributed by atoms with van der Waals surface area (Å²) in [4.78, 5) is 2.38. The molecule has 0 saturated carbocycles. The number of nitrogens with zero attached hydrogens (tertiary/aromatic N) is 1. The van der Waals surface area contributed by atoms with Gasteiger partial charge in [-0.1, -0.05) is 0 Å². The Morgan fingerprint density at radius 3 is 2.72 bits per heavy atom. The minimum absolute atomic E-state index is 0.142. The zero-order valence-corrected chi connectivity index (χ0v) is 12.3. The standard InChI is InChI=1S/C12H20N2O2S2/c1-2-18(15,16)13-9-12(11-5-8-17-10-11)14-6-3-4-7-14/h5,8,10,12-13H,2-4,6-7,9H2,1H3. The lowest BCUT2D eigenvalue weighted by Gasteiger charge is -2.27. The summed E-state index contributed by atoms with van der Waals surface area (Å²) in [6.07, 6.45) is 2.42. The molecule has 0 aliphatic carbocycles. The Balaban J connectivity index is 2.06. The molecule has 1 saturated heterocycles. The van der Waals surface area contributed by atoms with Crippen LogP contribution in [0.1, 0.15) is 31.4 Å². The summed E-state index contributed by atoms with van der Waals surface area (Å²) in [6, 6.07) is 2.27. The normalized spacial score (nSPS) is 19.2. The van der Waals surface area contributed by atoms with Gasteiger partial charge < -0.3 is 0 Å². The van der Waals surface area contributed by atoms with Crippen LogP contribution < -0.4 is 4.72 Å². The predicted molar refractivity (Wildman–Crippen MR) is 75.3 cm³/mol. The second-order valence-corrected chi connectivity index (χ2v) is 7.44. The van der Waals surface area contributed by atoms with E-state index in [4.69, 9.17) is 0 Å². The van der Waals surface area contributed by atoms with E-state index in [-0.39, 0.29) is 11.8 Å². The first-order chi connectivity index (χ1) is 8.62. The molecule has 2 rings (SSSR count). The minimum Gasteiger partial charge on any atom is -0.295 e. The number of hydrogen-bond acceptors (Lipinski definition) is 4. The molecule has 0 radical (unpaired) electrons. The van der Waals surface area contributed by atoms with E-state index < -0.39 is 10.0 Å². The van der Waals surface area contributed by atoms with Gasteiger partial charge in [-0.3, -0.25) is 4.90 Å². The molecule has 102 valence electrons. The molecule has 1 fully saturated rings. The Labute approximate surface area is 113 Å². The highest BCUT2D eigenvalue weighted by Crippen LogP contribution is 2.26. The van der Waals surface area contributed by atoms with Crippen molar-refractivity contribution in [3.05, 3.63) is 22.4 Å². The van der Waals surface area contributed by atoms with Gasteiger partial charge in [0.25, 0.3) is 0 Å². The van der Waals surface area contributed by atoms with Crippen molar-refractivity contribution in [2.24, 2.45) is 0 Å². The topological polar surface area (TPSA) is 49.4 Å². The van der Waals surface area contributed by atoms with E-state index in [0.29, 0.717) is 6.54 Å². The van der Waals surface area contributed by atoms with Gasteiger partial charge in [0.05, 0.1) is 5.75 Å². The highest BCUT2D eigenvalue weighted by Gasteiger charge is 2.24. The largest absolute Gasteiger partial charge is 0.295 e. The Bertz CT molecular complexity index is 450. The van der Waals surface area contributed by atoms with Crippen LogP contribution in [0.15, 0.2) is 16.8 Å². The third-order valence-corrected chi connectivity index (χ3v) is 5.45. The highest BCUT2D eigenvalue weighted by atomic mass is 32.2. The third-order valence-electron chi connectivity index (χ3n) is 3.39. The van der Waals surface area contributed by atoms with Crippen molar-refractivity contribution >= 4 is 21.4 Å². The van der Waals surface area contributed by atoms with E-state index >= 15 is 0 Å². The second kappa shape index (κ2) is 6.14. The van der Waals surface area contributed by atoms with Gasteiger partial charge in [-0.2, -0.15) is 11.3 Å². The lowest BCUT2D eigenvalue weighted by Crippen LogP contribution is -2.37.